The van der Waals surface area contributed by atoms with Crippen molar-refractivity contribution < 1.29 is 19.4 Å². The minimum absolute atomic E-state index is 0.143. The summed E-state index contributed by atoms with van der Waals surface area (Å²) in [6.45, 7) is 2.93. The van der Waals surface area contributed by atoms with Gasteiger partial charge in [-0.05, 0) is 30.2 Å². The van der Waals surface area contributed by atoms with Crippen LogP contribution in [0.1, 0.15) is 30.0 Å². The number of imidazole rings is 1. The average molecular weight is 453 g/mol. The summed E-state index contributed by atoms with van der Waals surface area (Å²) >= 11 is 6.05. The molecule has 2 aromatic carbocycles. The number of esters is 1. The highest BCUT2D eigenvalue weighted by atomic mass is 35.5. The summed E-state index contributed by atoms with van der Waals surface area (Å²) in [7, 11) is 0. The Kier molecular flexibility index (Phi) is 7.13. The lowest BCUT2D eigenvalue weighted by molar-refractivity contribution is -0.146. The molecule has 0 radical (unpaired) electrons. The van der Waals surface area contributed by atoms with Gasteiger partial charge in [0.1, 0.15) is 24.3 Å². The van der Waals surface area contributed by atoms with Crippen LogP contribution in [0.3, 0.4) is 0 Å². The summed E-state index contributed by atoms with van der Waals surface area (Å²) < 4.78 is 5.19. The first-order valence-electron chi connectivity index (χ1n) is 9.81. The molecule has 1 amide bonds. The molecule has 3 N–H and O–H groups in total. The van der Waals surface area contributed by atoms with Crippen LogP contribution < -0.4 is 5.32 Å². The number of nitrogens with one attached hydrogen (secondary N) is 2. The van der Waals surface area contributed by atoms with Crippen LogP contribution in [-0.2, 0) is 9.53 Å². The van der Waals surface area contributed by atoms with E-state index in [4.69, 9.17) is 16.3 Å². The lowest BCUT2D eigenvalue weighted by Gasteiger charge is -2.21. The molecule has 0 saturated carbocycles. The fraction of sp³-hybridized carbons (Fsp3) is 0.217. The number of fused-ring (bicyclic) bond motifs is 1. The molecule has 32 heavy (non-hydrogen) atoms. The zero-order valence-corrected chi connectivity index (χ0v) is 18.2. The van der Waals surface area contributed by atoms with Crippen molar-refractivity contribution >= 4 is 40.1 Å². The number of H-pyrrole nitrogens is 1. The Morgan fingerprint density at radius 1 is 1.22 bits per heavy atom. The van der Waals surface area contributed by atoms with E-state index in [-0.39, 0.29) is 27.9 Å². The minimum atomic E-state index is -0.983. The lowest BCUT2D eigenvalue weighted by Crippen LogP contribution is -2.45. The third-order valence-corrected chi connectivity index (χ3v) is 5.03. The second kappa shape index (κ2) is 9.98. The predicted octanol–water partition coefficient (Wildman–Crippen LogP) is 4.01. The number of para-hydroxylation sites is 2. The van der Waals surface area contributed by atoms with Crippen LogP contribution in [0.5, 0.6) is 0 Å². The summed E-state index contributed by atoms with van der Waals surface area (Å²) in [5, 5.41) is 22.7. The van der Waals surface area contributed by atoms with Gasteiger partial charge in [0.05, 0.1) is 21.6 Å². The molecule has 1 heterocycles. The number of ether oxygens (including phenoxy) is 1. The number of halogens is 1. The van der Waals surface area contributed by atoms with E-state index in [2.05, 4.69) is 15.3 Å². The predicted molar refractivity (Wildman–Crippen MR) is 120 cm³/mol. The number of carbonyl (C=O) groups is 2. The fourth-order valence-corrected chi connectivity index (χ4v) is 3.21. The highest BCUT2D eigenvalue weighted by Crippen LogP contribution is 2.19. The fourth-order valence-electron chi connectivity index (χ4n) is 2.99. The van der Waals surface area contributed by atoms with Crippen LogP contribution in [0, 0.1) is 17.2 Å². The number of nitrogens with zero attached hydrogens (tertiary/aromatic N) is 2. The number of nitriles is 1. The molecule has 1 aromatic heterocycles. The molecule has 9 heteroatoms. The number of benzene rings is 2. The molecule has 0 saturated heterocycles. The quantitative estimate of drug-likeness (QED) is 0.282. The molecule has 164 valence electrons. The van der Waals surface area contributed by atoms with Crippen molar-refractivity contribution in [2.24, 2.45) is 5.92 Å². The Hall–Kier alpha value is -3.83. The first-order valence-corrected chi connectivity index (χ1v) is 10.2. The average Bonchev–Trinajstić information content (AvgIpc) is 3.20. The number of hydrogen-bond donors (Lipinski definition) is 3. The van der Waals surface area contributed by atoms with Crippen LogP contribution in [0.25, 0.3) is 16.6 Å². The number of hydrogen-bond acceptors (Lipinski definition) is 6. The Morgan fingerprint density at radius 3 is 2.56 bits per heavy atom. The van der Waals surface area contributed by atoms with E-state index >= 15 is 0 Å². The van der Waals surface area contributed by atoms with Gasteiger partial charge in [-0.2, -0.15) is 5.26 Å². The molecular weight excluding hydrogens is 432 g/mol. The monoisotopic (exact) mass is 452 g/mol. The van der Waals surface area contributed by atoms with Crippen molar-refractivity contribution in [2.45, 2.75) is 19.9 Å². The Labute approximate surface area is 189 Å². The van der Waals surface area contributed by atoms with Gasteiger partial charge in [0, 0.05) is 0 Å². The zero-order valence-electron chi connectivity index (χ0n) is 17.4. The molecule has 1 unspecified atom stereocenters. The smallest absolute Gasteiger partial charge is 0.329 e. The maximum Gasteiger partial charge on any atom is 0.329 e. The second-order valence-electron chi connectivity index (χ2n) is 7.32. The van der Waals surface area contributed by atoms with Crippen molar-refractivity contribution in [1.82, 2.24) is 15.3 Å². The Morgan fingerprint density at radius 2 is 1.91 bits per heavy atom. The second-order valence-corrected chi connectivity index (χ2v) is 7.73. The largest absolute Gasteiger partial charge is 0.507 e. The molecule has 3 rings (SSSR count). The number of amides is 1. The molecule has 0 bridgehead atoms. The van der Waals surface area contributed by atoms with E-state index in [0.29, 0.717) is 11.0 Å². The first kappa shape index (κ1) is 22.8. The van der Waals surface area contributed by atoms with E-state index < -0.39 is 30.3 Å². The van der Waals surface area contributed by atoms with Gasteiger partial charge in [-0.3, -0.25) is 4.79 Å². The van der Waals surface area contributed by atoms with Crippen molar-refractivity contribution in [3.8, 4) is 6.07 Å². The molecule has 0 aliphatic carbocycles. The molecule has 0 fully saturated rings. The van der Waals surface area contributed by atoms with Crippen molar-refractivity contribution in [2.75, 3.05) is 6.61 Å². The number of aromatic nitrogens is 2. The number of carbonyl (C=O) groups excluding carboxylic acids is 2. The van der Waals surface area contributed by atoms with E-state index in [1.807, 2.05) is 12.1 Å². The van der Waals surface area contributed by atoms with Crippen molar-refractivity contribution in [3.05, 3.63) is 70.7 Å². The topological polar surface area (TPSA) is 128 Å². The Bertz CT molecular complexity index is 1190. The van der Waals surface area contributed by atoms with Crippen molar-refractivity contribution in [3.63, 3.8) is 0 Å². The van der Waals surface area contributed by atoms with Crippen LogP contribution in [0.15, 0.2) is 54.3 Å². The van der Waals surface area contributed by atoms with Gasteiger partial charge in [0.15, 0.2) is 11.6 Å². The van der Waals surface area contributed by atoms with Crippen LogP contribution >= 0.6 is 11.6 Å². The normalized spacial score (nSPS) is 12.7. The van der Waals surface area contributed by atoms with Gasteiger partial charge < -0.3 is 20.1 Å². The number of allylic oxidation sites excluding steroid dienone is 1. The third-order valence-electron chi connectivity index (χ3n) is 4.70. The minimum Gasteiger partial charge on any atom is -0.507 e. The van der Waals surface area contributed by atoms with E-state index in [1.165, 1.54) is 0 Å². The summed E-state index contributed by atoms with van der Waals surface area (Å²) in [6.07, 6.45) is 0. The molecular formula is C23H21ClN4O4. The molecule has 3 aromatic rings. The van der Waals surface area contributed by atoms with Crippen molar-refractivity contribution in [1.29, 1.82) is 5.26 Å². The van der Waals surface area contributed by atoms with E-state index in [1.54, 1.807) is 56.3 Å². The number of aliphatic hydroxyl groups excluding tert-OH is 1. The molecule has 0 aliphatic heterocycles. The number of aliphatic hydroxyl groups is 1. The van der Waals surface area contributed by atoms with Gasteiger partial charge in [-0.25, -0.2) is 9.78 Å². The lowest BCUT2D eigenvalue weighted by atomic mass is 10.0. The van der Waals surface area contributed by atoms with Gasteiger partial charge in [-0.15, -0.1) is 0 Å². The van der Waals surface area contributed by atoms with Crippen LogP contribution in [0.4, 0.5) is 0 Å². The highest BCUT2D eigenvalue weighted by molar-refractivity contribution is 6.33. The van der Waals surface area contributed by atoms with Crippen LogP contribution in [-0.4, -0.2) is 39.6 Å². The van der Waals surface area contributed by atoms with Gasteiger partial charge in [-0.1, -0.05) is 49.7 Å². The summed E-state index contributed by atoms with van der Waals surface area (Å²) in [4.78, 5) is 32.4. The van der Waals surface area contributed by atoms with Crippen LogP contribution in [0.2, 0.25) is 5.02 Å². The molecule has 0 spiro atoms. The summed E-state index contributed by atoms with van der Waals surface area (Å²) in [5.74, 6) is -1.87. The van der Waals surface area contributed by atoms with Gasteiger partial charge >= 0.3 is 5.97 Å². The van der Waals surface area contributed by atoms with Gasteiger partial charge in [0.2, 0.25) is 0 Å². The maximum absolute atomic E-state index is 12.6. The van der Waals surface area contributed by atoms with E-state index in [9.17, 15) is 20.0 Å². The van der Waals surface area contributed by atoms with E-state index in [0.717, 1.165) is 0 Å². The Balaban J connectivity index is 1.73. The zero-order chi connectivity index (χ0) is 23.3. The van der Waals surface area contributed by atoms with Gasteiger partial charge in [0.25, 0.3) is 5.91 Å². The summed E-state index contributed by atoms with van der Waals surface area (Å²) in [6, 6.07) is 14.5. The number of aromatic amines is 1. The third kappa shape index (κ3) is 5.07. The molecule has 1 atom stereocenters. The highest BCUT2D eigenvalue weighted by Gasteiger charge is 2.27. The first-order chi connectivity index (χ1) is 15.3. The number of rotatable bonds is 7. The molecule has 0 aliphatic rings. The standard InChI is InChI=1S/C23H21ClN4O4/c1-13(2)20(28-22(30)14-7-3-4-8-16(14)24)23(31)32-12-19(29)15(11-25)21-26-17-9-5-6-10-18(17)27-21/h3-10,13,20,29H,12H2,1-2H3,(H,26,27)(H,28,30). The summed E-state index contributed by atoms with van der Waals surface area (Å²) in [5.41, 5.74) is 1.41. The maximum atomic E-state index is 12.6. The molecule has 8 nitrogen and oxygen atoms in total. The SMILES string of the molecule is CC(C)C(NC(=O)c1ccccc1Cl)C(=O)OCC(O)=C(C#N)c1nc2ccccc2[nH]1.